The summed E-state index contributed by atoms with van der Waals surface area (Å²) in [5.74, 6) is 2.68. The summed E-state index contributed by atoms with van der Waals surface area (Å²) in [7, 11) is 1.97. The van der Waals surface area contributed by atoms with Gasteiger partial charge in [0.05, 0.1) is 0 Å². The van der Waals surface area contributed by atoms with Crippen molar-refractivity contribution < 1.29 is 0 Å². The Morgan fingerprint density at radius 1 is 1.36 bits per heavy atom. The fraction of sp³-hybridized carbons (Fsp3) is 0.688. The Balaban J connectivity index is 2.18. The zero-order chi connectivity index (χ0) is 16.5. The molecular formula is C16H28N6. The van der Waals surface area contributed by atoms with E-state index in [9.17, 15) is 0 Å². The van der Waals surface area contributed by atoms with E-state index >= 15 is 0 Å². The third kappa shape index (κ3) is 2.74. The number of aliphatic imine (C=N–C) groups is 1. The second-order valence-electron chi connectivity index (χ2n) is 7.06. The van der Waals surface area contributed by atoms with E-state index < -0.39 is 0 Å². The van der Waals surface area contributed by atoms with Gasteiger partial charge in [0.2, 0.25) is 0 Å². The number of hydrogen-bond donors (Lipinski definition) is 1. The molecule has 122 valence electrons. The first kappa shape index (κ1) is 16.5. The number of aromatic nitrogens is 3. The summed E-state index contributed by atoms with van der Waals surface area (Å²) in [6.45, 7) is 17.0. The van der Waals surface area contributed by atoms with Gasteiger partial charge >= 0.3 is 0 Å². The maximum absolute atomic E-state index is 4.75. The average molecular weight is 304 g/mol. The van der Waals surface area contributed by atoms with Crippen molar-refractivity contribution in [2.45, 2.75) is 46.7 Å². The normalized spacial score (nSPS) is 19.7. The lowest BCUT2D eigenvalue weighted by Crippen LogP contribution is -2.72. The van der Waals surface area contributed by atoms with Crippen LogP contribution in [0.15, 0.2) is 17.6 Å². The van der Waals surface area contributed by atoms with Gasteiger partial charge in [-0.15, -0.1) is 16.8 Å². The van der Waals surface area contributed by atoms with Gasteiger partial charge in [-0.2, -0.15) is 0 Å². The Labute approximate surface area is 133 Å². The van der Waals surface area contributed by atoms with Gasteiger partial charge in [0.25, 0.3) is 0 Å². The highest BCUT2D eigenvalue weighted by Gasteiger charge is 2.53. The monoisotopic (exact) mass is 304 g/mol. The van der Waals surface area contributed by atoms with Crippen molar-refractivity contribution in [1.82, 2.24) is 25.0 Å². The Morgan fingerprint density at radius 3 is 2.50 bits per heavy atom. The largest absolute Gasteiger partial charge is 0.353 e. The molecule has 0 unspecified atom stereocenters. The van der Waals surface area contributed by atoms with Crippen molar-refractivity contribution in [3.05, 3.63) is 24.3 Å². The van der Waals surface area contributed by atoms with E-state index in [1.54, 1.807) is 0 Å². The highest BCUT2D eigenvalue weighted by Crippen LogP contribution is 2.46. The lowest BCUT2D eigenvalue weighted by Gasteiger charge is -2.62. The SMILES string of the molecule is C=CCNC(=NCc1nnc(C)n1C)N1CC(C)(C)C1(C)C. The second-order valence-corrected chi connectivity index (χ2v) is 7.06. The number of hydrogen-bond acceptors (Lipinski definition) is 3. The second kappa shape index (κ2) is 5.74. The van der Waals surface area contributed by atoms with Gasteiger partial charge in [0.15, 0.2) is 11.8 Å². The van der Waals surface area contributed by atoms with E-state index in [1.165, 1.54) is 0 Å². The van der Waals surface area contributed by atoms with Crippen LogP contribution in [0.3, 0.4) is 0 Å². The summed E-state index contributed by atoms with van der Waals surface area (Å²) < 4.78 is 1.97. The predicted octanol–water partition coefficient (Wildman–Crippen LogP) is 1.88. The van der Waals surface area contributed by atoms with Gasteiger partial charge in [-0.25, -0.2) is 4.99 Å². The van der Waals surface area contributed by atoms with Gasteiger partial charge in [-0.1, -0.05) is 19.9 Å². The minimum Gasteiger partial charge on any atom is -0.353 e. The Morgan fingerprint density at radius 2 is 2.05 bits per heavy atom. The van der Waals surface area contributed by atoms with Crippen molar-refractivity contribution in [3.63, 3.8) is 0 Å². The molecule has 22 heavy (non-hydrogen) atoms. The van der Waals surface area contributed by atoms with Crippen molar-refractivity contribution in [2.75, 3.05) is 13.1 Å². The molecule has 1 N–H and O–H groups in total. The maximum atomic E-state index is 4.75. The number of rotatable bonds is 4. The summed E-state index contributed by atoms with van der Waals surface area (Å²) in [6.07, 6.45) is 1.85. The van der Waals surface area contributed by atoms with E-state index in [0.717, 1.165) is 24.2 Å². The molecule has 6 heteroatoms. The van der Waals surface area contributed by atoms with Gasteiger partial charge in [0.1, 0.15) is 12.4 Å². The zero-order valence-electron chi connectivity index (χ0n) is 14.6. The molecule has 1 saturated heterocycles. The molecule has 1 fully saturated rings. The van der Waals surface area contributed by atoms with Crippen LogP contribution in [0.5, 0.6) is 0 Å². The van der Waals surface area contributed by atoms with Crippen molar-refractivity contribution in [1.29, 1.82) is 0 Å². The van der Waals surface area contributed by atoms with E-state index in [-0.39, 0.29) is 11.0 Å². The summed E-state index contributed by atoms with van der Waals surface area (Å²) in [6, 6.07) is 0. The van der Waals surface area contributed by atoms with E-state index in [0.29, 0.717) is 13.1 Å². The van der Waals surface area contributed by atoms with Crippen molar-refractivity contribution >= 4 is 5.96 Å². The number of nitrogens with one attached hydrogen (secondary N) is 1. The Kier molecular flexibility index (Phi) is 4.31. The van der Waals surface area contributed by atoms with Crippen LogP contribution in [-0.2, 0) is 13.6 Å². The highest BCUT2D eigenvalue weighted by atomic mass is 15.4. The summed E-state index contributed by atoms with van der Waals surface area (Å²) >= 11 is 0. The molecule has 1 aliphatic rings. The van der Waals surface area contributed by atoms with Crippen LogP contribution in [0.25, 0.3) is 0 Å². The Hall–Kier alpha value is -1.85. The molecule has 6 nitrogen and oxygen atoms in total. The molecular weight excluding hydrogens is 276 g/mol. The first-order valence-electron chi connectivity index (χ1n) is 7.72. The molecule has 1 aliphatic heterocycles. The van der Waals surface area contributed by atoms with Crippen molar-refractivity contribution in [3.8, 4) is 0 Å². The van der Waals surface area contributed by atoms with Crippen LogP contribution < -0.4 is 5.32 Å². The molecule has 2 heterocycles. The van der Waals surface area contributed by atoms with Gasteiger partial charge < -0.3 is 14.8 Å². The molecule has 0 atom stereocenters. The minimum absolute atomic E-state index is 0.0653. The van der Waals surface area contributed by atoms with Crippen LogP contribution in [0.1, 0.15) is 39.3 Å². The molecule has 1 aromatic rings. The molecule has 0 saturated carbocycles. The number of aryl methyl sites for hydroxylation is 1. The van der Waals surface area contributed by atoms with Gasteiger partial charge in [-0.05, 0) is 20.8 Å². The fourth-order valence-electron chi connectivity index (χ4n) is 2.53. The van der Waals surface area contributed by atoms with Crippen LogP contribution in [0, 0.1) is 12.3 Å². The molecule has 0 radical (unpaired) electrons. The molecule has 0 spiro atoms. The van der Waals surface area contributed by atoms with Crippen LogP contribution in [0.2, 0.25) is 0 Å². The van der Waals surface area contributed by atoms with E-state index in [1.807, 2.05) is 24.6 Å². The lowest BCUT2D eigenvalue weighted by molar-refractivity contribution is -0.0667. The highest BCUT2D eigenvalue weighted by molar-refractivity contribution is 5.82. The summed E-state index contributed by atoms with van der Waals surface area (Å²) in [4.78, 5) is 7.07. The quantitative estimate of drug-likeness (QED) is 0.524. The van der Waals surface area contributed by atoms with Crippen molar-refractivity contribution in [2.24, 2.45) is 17.5 Å². The topological polar surface area (TPSA) is 58.3 Å². The summed E-state index contributed by atoms with van der Waals surface area (Å²) in [5.41, 5.74) is 0.334. The maximum Gasteiger partial charge on any atom is 0.195 e. The molecule has 0 aliphatic carbocycles. The van der Waals surface area contributed by atoms with E-state index in [2.05, 4.69) is 54.7 Å². The fourth-order valence-corrected chi connectivity index (χ4v) is 2.53. The number of likely N-dealkylation sites (tertiary alicyclic amines) is 1. The molecule has 0 aromatic carbocycles. The van der Waals surface area contributed by atoms with Crippen LogP contribution in [-0.4, -0.2) is 44.3 Å². The molecule has 0 bridgehead atoms. The minimum atomic E-state index is 0.0653. The molecule has 2 rings (SSSR count). The molecule has 0 amide bonds. The van der Waals surface area contributed by atoms with Gasteiger partial charge in [-0.3, -0.25) is 0 Å². The molecule has 1 aromatic heterocycles. The lowest BCUT2D eigenvalue weighted by atomic mass is 9.65. The standard InChI is InChI=1S/C16H28N6/c1-8-9-17-14(22-11-15(3,4)16(22,5)6)18-10-13-20-19-12(2)21(13)7/h8H,1,9-11H2,2-7H3,(H,17,18). The van der Waals surface area contributed by atoms with Crippen LogP contribution in [0.4, 0.5) is 0 Å². The van der Waals surface area contributed by atoms with Crippen LogP contribution >= 0.6 is 0 Å². The number of nitrogens with zero attached hydrogens (tertiary/aromatic N) is 5. The third-order valence-electron chi connectivity index (χ3n) is 5.10. The number of guanidine groups is 1. The zero-order valence-corrected chi connectivity index (χ0v) is 14.6. The average Bonchev–Trinajstić information content (AvgIpc) is 2.77. The predicted molar refractivity (Wildman–Crippen MR) is 89.6 cm³/mol. The Bertz CT molecular complexity index is 581. The smallest absolute Gasteiger partial charge is 0.195 e. The van der Waals surface area contributed by atoms with E-state index in [4.69, 9.17) is 4.99 Å². The first-order valence-corrected chi connectivity index (χ1v) is 7.72. The van der Waals surface area contributed by atoms with Gasteiger partial charge in [0, 0.05) is 31.1 Å². The third-order valence-corrected chi connectivity index (χ3v) is 5.10. The summed E-state index contributed by atoms with van der Waals surface area (Å²) in [5, 5.41) is 11.6. The first-order chi connectivity index (χ1) is 10.2.